The fraction of sp³-hybridized carbons (Fsp3) is 1.00. The van der Waals surface area contributed by atoms with Gasteiger partial charge >= 0.3 is 0 Å². The number of alkyl halides is 1. The predicted molar refractivity (Wildman–Crippen MR) is 77.7 cm³/mol. The van der Waals surface area contributed by atoms with Gasteiger partial charge in [-0.3, -0.25) is 0 Å². The van der Waals surface area contributed by atoms with Crippen LogP contribution in [0.25, 0.3) is 0 Å². The van der Waals surface area contributed by atoms with Crippen LogP contribution in [0.1, 0.15) is 77.6 Å². The molecule has 1 N–H and O–H groups in total. The number of nitrogens with one attached hydrogen (secondary N) is 1. The molecule has 1 aliphatic rings. The van der Waals surface area contributed by atoms with Gasteiger partial charge < -0.3 is 5.32 Å². The van der Waals surface area contributed by atoms with E-state index < -0.39 is 6.17 Å². The largest absolute Gasteiger partial charge is 0.316 e. The van der Waals surface area contributed by atoms with E-state index in [9.17, 15) is 4.39 Å². The first-order chi connectivity index (χ1) is 8.84. The Balaban J connectivity index is 1.87. The maximum Gasteiger partial charge on any atom is 0.104 e. The van der Waals surface area contributed by atoms with Crippen LogP contribution in [0.5, 0.6) is 0 Å². The minimum atomic E-state index is -0.558. The van der Waals surface area contributed by atoms with Gasteiger partial charge in [-0.2, -0.15) is 0 Å². The summed E-state index contributed by atoms with van der Waals surface area (Å²) in [5, 5.41) is 3.31. The molecule has 1 saturated heterocycles. The van der Waals surface area contributed by atoms with Gasteiger partial charge in [0.05, 0.1) is 0 Å². The Morgan fingerprint density at radius 2 is 1.72 bits per heavy atom. The van der Waals surface area contributed by atoms with Crippen LogP contribution in [0, 0.1) is 5.92 Å². The van der Waals surface area contributed by atoms with E-state index in [2.05, 4.69) is 12.2 Å². The Labute approximate surface area is 113 Å². The number of unbranched alkanes of at least 4 members (excludes halogenated alkanes) is 7. The van der Waals surface area contributed by atoms with Crippen LogP contribution in [-0.2, 0) is 0 Å². The lowest BCUT2D eigenvalue weighted by atomic mass is 9.91. The van der Waals surface area contributed by atoms with Gasteiger partial charge in [-0.25, -0.2) is 4.39 Å². The Hall–Kier alpha value is -0.110. The predicted octanol–water partition coefficient (Wildman–Crippen LogP) is 4.85. The molecule has 0 saturated carbocycles. The molecule has 1 fully saturated rings. The molecule has 2 heteroatoms. The smallest absolute Gasteiger partial charge is 0.104 e. The molecular weight excluding hydrogens is 225 g/mol. The number of hydrogen-bond acceptors (Lipinski definition) is 1. The van der Waals surface area contributed by atoms with Crippen LogP contribution in [-0.4, -0.2) is 19.3 Å². The topological polar surface area (TPSA) is 12.0 Å². The highest BCUT2D eigenvalue weighted by atomic mass is 19.1. The highest BCUT2D eigenvalue weighted by molar-refractivity contribution is 4.75. The number of hydrogen-bond donors (Lipinski definition) is 1. The normalized spacial score (nSPS) is 22.0. The van der Waals surface area contributed by atoms with Crippen molar-refractivity contribution in [1.82, 2.24) is 5.32 Å². The Morgan fingerprint density at radius 1 is 1.06 bits per heavy atom. The molecule has 1 heterocycles. The summed E-state index contributed by atoms with van der Waals surface area (Å²) in [6.07, 6.45) is 12.9. The molecule has 18 heavy (non-hydrogen) atoms. The summed E-state index contributed by atoms with van der Waals surface area (Å²) in [6, 6.07) is 0. The van der Waals surface area contributed by atoms with E-state index in [1.807, 2.05) is 0 Å². The van der Waals surface area contributed by atoms with Gasteiger partial charge in [0.25, 0.3) is 0 Å². The molecule has 0 spiro atoms. The van der Waals surface area contributed by atoms with Gasteiger partial charge in [0.1, 0.15) is 6.17 Å². The quantitative estimate of drug-likeness (QED) is 0.551. The van der Waals surface area contributed by atoms with Gasteiger partial charge in [-0.1, -0.05) is 58.3 Å². The van der Waals surface area contributed by atoms with Crippen LogP contribution >= 0.6 is 0 Å². The van der Waals surface area contributed by atoms with Crippen molar-refractivity contribution in [2.24, 2.45) is 5.92 Å². The zero-order valence-electron chi connectivity index (χ0n) is 12.2. The fourth-order valence-electron chi connectivity index (χ4n) is 2.90. The van der Waals surface area contributed by atoms with Gasteiger partial charge in [0, 0.05) is 12.5 Å². The Kier molecular flexibility index (Phi) is 9.55. The molecule has 0 aromatic carbocycles. The summed E-state index contributed by atoms with van der Waals surface area (Å²) in [6.45, 7) is 4.24. The average molecular weight is 257 g/mol. The molecular formula is C16H32FN. The zero-order valence-corrected chi connectivity index (χ0v) is 12.2. The first-order valence-corrected chi connectivity index (χ1v) is 8.19. The highest BCUT2D eigenvalue weighted by Crippen LogP contribution is 2.22. The average Bonchev–Trinajstić information content (AvgIpc) is 2.42. The van der Waals surface area contributed by atoms with Crippen molar-refractivity contribution in [3.8, 4) is 0 Å². The fourth-order valence-corrected chi connectivity index (χ4v) is 2.90. The number of piperidine rings is 1. The van der Waals surface area contributed by atoms with Crippen molar-refractivity contribution in [1.29, 1.82) is 0 Å². The first kappa shape index (κ1) is 15.9. The van der Waals surface area contributed by atoms with Gasteiger partial charge in [0.15, 0.2) is 0 Å². The number of rotatable bonds is 10. The van der Waals surface area contributed by atoms with E-state index in [-0.39, 0.29) is 0 Å². The van der Waals surface area contributed by atoms with Gasteiger partial charge in [0.2, 0.25) is 0 Å². The van der Waals surface area contributed by atoms with Crippen LogP contribution in [0.15, 0.2) is 0 Å². The maximum absolute atomic E-state index is 13.9. The van der Waals surface area contributed by atoms with Crippen LogP contribution in [0.2, 0.25) is 0 Å². The third kappa shape index (κ3) is 7.35. The molecule has 1 nitrogen and oxygen atoms in total. The van der Waals surface area contributed by atoms with E-state index in [0.717, 1.165) is 38.8 Å². The SMILES string of the molecule is CCCCCCCCCCC(F)C1CCCNC1. The summed E-state index contributed by atoms with van der Waals surface area (Å²) in [7, 11) is 0. The minimum Gasteiger partial charge on any atom is -0.316 e. The lowest BCUT2D eigenvalue weighted by molar-refractivity contribution is 0.177. The molecule has 1 aliphatic heterocycles. The number of halogens is 1. The van der Waals surface area contributed by atoms with E-state index in [1.165, 1.54) is 44.9 Å². The minimum absolute atomic E-state index is 0.295. The van der Waals surface area contributed by atoms with Gasteiger partial charge in [-0.05, 0) is 25.8 Å². The van der Waals surface area contributed by atoms with E-state index in [0.29, 0.717) is 5.92 Å². The molecule has 0 bridgehead atoms. The molecule has 0 aromatic heterocycles. The Bertz CT molecular complexity index is 178. The zero-order chi connectivity index (χ0) is 13.1. The Morgan fingerprint density at radius 3 is 2.33 bits per heavy atom. The highest BCUT2D eigenvalue weighted by Gasteiger charge is 2.22. The van der Waals surface area contributed by atoms with Crippen LogP contribution in [0.3, 0.4) is 0 Å². The standard InChI is InChI=1S/C16H32FN/c1-2-3-4-5-6-7-8-9-12-16(17)15-11-10-13-18-14-15/h15-16,18H,2-14H2,1H3. The molecule has 108 valence electrons. The van der Waals surface area contributed by atoms with E-state index >= 15 is 0 Å². The summed E-state index contributed by atoms with van der Waals surface area (Å²) in [5.74, 6) is 0.295. The van der Waals surface area contributed by atoms with Crippen molar-refractivity contribution >= 4 is 0 Å². The second kappa shape index (κ2) is 10.8. The van der Waals surface area contributed by atoms with Crippen molar-refractivity contribution in [2.45, 2.75) is 83.7 Å². The molecule has 1 rings (SSSR count). The van der Waals surface area contributed by atoms with Crippen LogP contribution in [0.4, 0.5) is 4.39 Å². The molecule has 0 aromatic rings. The summed E-state index contributed by atoms with van der Waals surface area (Å²) >= 11 is 0. The monoisotopic (exact) mass is 257 g/mol. The molecule has 0 aliphatic carbocycles. The summed E-state index contributed by atoms with van der Waals surface area (Å²) in [4.78, 5) is 0. The van der Waals surface area contributed by atoms with E-state index in [4.69, 9.17) is 0 Å². The van der Waals surface area contributed by atoms with Crippen molar-refractivity contribution in [3.05, 3.63) is 0 Å². The van der Waals surface area contributed by atoms with E-state index in [1.54, 1.807) is 0 Å². The molecule has 2 atom stereocenters. The summed E-state index contributed by atoms with van der Waals surface area (Å²) < 4.78 is 13.9. The second-order valence-corrected chi connectivity index (χ2v) is 5.89. The van der Waals surface area contributed by atoms with Crippen LogP contribution < -0.4 is 5.32 Å². The first-order valence-electron chi connectivity index (χ1n) is 8.19. The second-order valence-electron chi connectivity index (χ2n) is 5.89. The molecule has 2 unspecified atom stereocenters. The van der Waals surface area contributed by atoms with Crippen molar-refractivity contribution in [3.63, 3.8) is 0 Å². The molecule has 0 radical (unpaired) electrons. The third-order valence-electron chi connectivity index (χ3n) is 4.18. The van der Waals surface area contributed by atoms with Crippen molar-refractivity contribution < 1.29 is 4.39 Å². The van der Waals surface area contributed by atoms with Gasteiger partial charge in [-0.15, -0.1) is 0 Å². The third-order valence-corrected chi connectivity index (χ3v) is 4.18. The molecule has 0 amide bonds. The lowest BCUT2D eigenvalue weighted by Crippen LogP contribution is -2.35. The summed E-state index contributed by atoms with van der Waals surface area (Å²) in [5.41, 5.74) is 0. The maximum atomic E-state index is 13.9. The van der Waals surface area contributed by atoms with Crippen molar-refractivity contribution in [2.75, 3.05) is 13.1 Å². The lowest BCUT2D eigenvalue weighted by Gasteiger charge is -2.25.